The van der Waals surface area contributed by atoms with Crippen LogP contribution in [0, 0.1) is 0 Å². The van der Waals surface area contributed by atoms with Crippen LogP contribution in [0.3, 0.4) is 0 Å². The number of hydrogen-bond acceptors (Lipinski definition) is 3. The molecule has 1 aromatic rings. The van der Waals surface area contributed by atoms with Gasteiger partial charge in [0.2, 0.25) is 0 Å². The third-order valence-electron chi connectivity index (χ3n) is 4.17. The molecule has 2 amide bonds. The average molecular weight is 278 g/mol. The highest BCUT2D eigenvalue weighted by Crippen LogP contribution is 2.30. The molecule has 0 bridgehead atoms. The number of rotatable bonds is 3. The third-order valence-corrected chi connectivity index (χ3v) is 4.17. The molecule has 6 heteroatoms. The molecule has 2 N–H and O–H groups in total. The summed E-state index contributed by atoms with van der Waals surface area (Å²) >= 11 is 0. The molecule has 0 unspecified atom stereocenters. The van der Waals surface area contributed by atoms with E-state index < -0.39 is 0 Å². The minimum atomic E-state index is 0.0198. The van der Waals surface area contributed by atoms with Gasteiger partial charge in [-0.15, -0.1) is 0 Å². The van der Waals surface area contributed by atoms with Crippen molar-refractivity contribution < 1.29 is 9.53 Å². The molecule has 2 aliphatic heterocycles. The Morgan fingerprint density at radius 1 is 1.45 bits per heavy atom. The van der Waals surface area contributed by atoms with Crippen LogP contribution in [-0.4, -0.2) is 46.9 Å². The molecular formula is C14H22N4O2. The number of likely N-dealkylation sites (tertiary alicyclic amines) is 1. The van der Waals surface area contributed by atoms with E-state index >= 15 is 0 Å². The fourth-order valence-electron chi connectivity index (χ4n) is 3.07. The van der Waals surface area contributed by atoms with Crippen LogP contribution in [0.1, 0.15) is 43.7 Å². The number of carbonyl (C=O) groups is 1. The number of amides is 2. The van der Waals surface area contributed by atoms with E-state index in [0.29, 0.717) is 6.54 Å². The van der Waals surface area contributed by atoms with E-state index in [1.807, 2.05) is 17.3 Å². The Kier molecular flexibility index (Phi) is 4.20. The third kappa shape index (κ3) is 2.95. The lowest BCUT2D eigenvalue weighted by Crippen LogP contribution is -2.46. The van der Waals surface area contributed by atoms with Crippen LogP contribution >= 0.6 is 0 Å². The van der Waals surface area contributed by atoms with Crippen molar-refractivity contribution in [2.24, 2.45) is 0 Å². The molecular weight excluding hydrogens is 256 g/mol. The second-order valence-electron chi connectivity index (χ2n) is 5.56. The van der Waals surface area contributed by atoms with Gasteiger partial charge in [0.15, 0.2) is 0 Å². The Morgan fingerprint density at radius 2 is 2.40 bits per heavy atom. The summed E-state index contributed by atoms with van der Waals surface area (Å²) in [6.07, 6.45) is 9.27. The number of hydrogen-bond donors (Lipinski definition) is 2. The van der Waals surface area contributed by atoms with Crippen LogP contribution < -0.4 is 5.32 Å². The molecule has 2 fully saturated rings. The number of H-pyrrole nitrogens is 1. The average Bonchev–Trinajstić information content (AvgIpc) is 3.18. The number of carbonyl (C=O) groups excluding carboxylic acids is 1. The van der Waals surface area contributed by atoms with Crippen molar-refractivity contribution in [3.8, 4) is 0 Å². The molecule has 2 aliphatic rings. The molecule has 0 saturated carbocycles. The molecule has 1 aromatic heterocycles. The summed E-state index contributed by atoms with van der Waals surface area (Å²) in [5.74, 6) is 0. The summed E-state index contributed by atoms with van der Waals surface area (Å²) in [5, 5.41) is 9.85. The van der Waals surface area contributed by atoms with E-state index in [9.17, 15) is 4.79 Å². The molecule has 0 radical (unpaired) electrons. The Bertz CT molecular complexity index is 428. The van der Waals surface area contributed by atoms with Crippen molar-refractivity contribution in [2.45, 2.75) is 44.2 Å². The Labute approximate surface area is 118 Å². The maximum absolute atomic E-state index is 12.4. The van der Waals surface area contributed by atoms with Crippen molar-refractivity contribution in [3.05, 3.63) is 18.0 Å². The zero-order valence-corrected chi connectivity index (χ0v) is 11.7. The molecule has 0 spiro atoms. The number of urea groups is 1. The normalized spacial score (nSPS) is 26.7. The Hall–Kier alpha value is -1.56. The SMILES string of the molecule is O=C(NC[C@@H]1CCCO1)N1CCCC[C@H]1c1cn[nH]c1. The summed E-state index contributed by atoms with van der Waals surface area (Å²) in [6.45, 7) is 2.25. The zero-order chi connectivity index (χ0) is 13.8. The van der Waals surface area contributed by atoms with Crippen molar-refractivity contribution in [1.82, 2.24) is 20.4 Å². The van der Waals surface area contributed by atoms with Gasteiger partial charge in [-0.2, -0.15) is 5.10 Å². The topological polar surface area (TPSA) is 70.2 Å². The second-order valence-corrected chi connectivity index (χ2v) is 5.56. The number of nitrogens with zero attached hydrogens (tertiary/aromatic N) is 2. The van der Waals surface area contributed by atoms with Gasteiger partial charge in [-0.3, -0.25) is 5.10 Å². The number of ether oxygens (including phenoxy) is 1. The summed E-state index contributed by atoms with van der Waals surface area (Å²) in [6, 6.07) is 0.165. The van der Waals surface area contributed by atoms with Gasteiger partial charge in [-0.05, 0) is 32.1 Å². The van der Waals surface area contributed by atoms with E-state index in [-0.39, 0.29) is 18.2 Å². The highest BCUT2D eigenvalue weighted by atomic mass is 16.5. The lowest BCUT2D eigenvalue weighted by Gasteiger charge is -2.35. The van der Waals surface area contributed by atoms with Crippen LogP contribution in [-0.2, 0) is 4.74 Å². The van der Waals surface area contributed by atoms with Gasteiger partial charge >= 0.3 is 6.03 Å². The highest BCUT2D eigenvalue weighted by Gasteiger charge is 2.29. The standard InChI is InChI=1S/C14H22N4O2/c19-14(15-10-12-4-3-7-20-12)18-6-2-1-5-13(18)11-8-16-17-9-11/h8-9,12-13H,1-7,10H2,(H,15,19)(H,16,17)/t12-,13-/m0/s1. The lowest BCUT2D eigenvalue weighted by molar-refractivity contribution is 0.104. The largest absolute Gasteiger partial charge is 0.376 e. The fraction of sp³-hybridized carbons (Fsp3) is 0.714. The van der Waals surface area contributed by atoms with E-state index in [4.69, 9.17) is 4.74 Å². The van der Waals surface area contributed by atoms with Crippen LogP contribution in [0.25, 0.3) is 0 Å². The van der Waals surface area contributed by atoms with Crippen molar-refractivity contribution in [2.75, 3.05) is 19.7 Å². The minimum Gasteiger partial charge on any atom is -0.376 e. The lowest BCUT2D eigenvalue weighted by atomic mass is 9.98. The molecule has 2 atom stereocenters. The molecule has 6 nitrogen and oxygen atoms in total. The van der Waals surface area contributed by atoms with Gasteiger partial charge in [-0.25, -0.2) is 4.79 Å². The second kappa shape index (κ2) is 6.26. The zero-order valence-electron chi connectivity index (χ0n) is 11.7. The number of aromatic amines is 1. The van der Waals surface area contributed by atoms with Crippen molar-refractivity contribution in [3.63, 3.8) is 0 Å². The van der Waals surface area contributed by atoms with E-state index in [0.717, 1.165) is 50.8 Å². The van der Waals surface area contributed by atoms with E-state index in [2.05, 4.69) is 15.5 Å². The fourth-order valence-corrected chi connectivity index (χ4v) is 3.07. The van der Waals surface area contributed by atoms with E-state index in [1.165, 1.54) is 0 Å². The minimum absolute atomic E-state index is 0.0198. The van der Waals surface area contributed by atoms with Crippen LogP contribution in [0.4, 0.5) is 4.79 Å². The molecule has 0 aliphatic carbocycles. The van der Waals surface area contributed by atoms with Gasteiger partial charge in [0.05, 0.1) is 18.3 Å². The number of aromatic nitrogens is 2. The predicted octanol–water partition coefficient (Wildman–Crippen LogP) is 1.83. The first kappa shape index (κ1) is 13.4. The molecule has 20 heavy (non-hydrogen) atoms. The molecule has 2 saturated heterocycles. The van der Waals surface area contributed by atoms with Gasteiger partial charge in [0, 0.05) is 31.5 Å². The number of piperidine rings is 1. The van der Waals surface area contributed by atoms with Crippen LogP contribution in [0.5, 0.6) is 0 Å². The number of nitrogens with one attached hydrogen (secondary N) is 2. The predicted molar refractivity (Wildman–Crippen MR) is 74.3 cm³/mol. The first-order valence-electron chi connectivity index (χ1n) is 7.49. The summed E-state index contributed by atoms with van der Waals surface area (Å²) in [4.78, 5) is 14.3. The quantitative estimate of drug-likeness (QED) is 0.886. The van der Waals surface area contributed by atoms with Crippen LogP contribution in [0.2, 0.25) is 0 Å². The monoisotopic (exact) mass is 278 g/mol. The first-order valence-corrected chi connectivity index (χ1v) is 7.49. The Morgan fingerprint density at radius 3 is 3.15 bits per heavy atom. The maximum atomic E-state index is 12.4. The smallest absolute Gasteiger partial charge is 0.318 e. The molecule has 3 heterocycles. The van der Waals surface area contributed by atoms with Crippen molar-refractivity contribution in [1.29, 1.82) is 0 Å². The maximum Gasteiger partial charge on any atom is 0.318 e. The van der Waals surface area contributed by atoms with Crippen molar-refractivity contribution >= 4 is 6.03 Å². The summed E-state index contributed by atoms with van der Waals surface area (Å²) in [5.41, 5.74) is 1.09. The summed E-state index contributed by atoms with van der Waals surface area (Å²) in [7, 11) is 0. The molecule has 0 aromatic carbocycles. The first-order chi connectivity index (χ1) is 9.84. The molecule has 110 valence electrons. The highest BCUT2D eigenvalue weighted by molar-refractivity contribution is 5.74. The Balaban J connectivity index is 1.59. The van der Waals surface area contributed by atoms with Gasteiger partial charge in [0.1, 0.15) is 0 Å². The van der Waals surface area contributed by atoms with Gasteiger partial charge < -0.3 is 15.0 Å². The van der Waals surface area contributed by atoms with Gasteiger partial charge in [0.25, 0.3) is 0 Å². The van der Waals surface area contributed by atoms with E-state index in [1.54, 1.807) is 0 Å². The molecule has 3 rings (SSSR count). The van der Waals surface area contributed by atoms with Crippen LogP contribution in [0.15, 0.2) is 12.4 Å². The summed E-state index contributed by atoms with van der Waals surface area (Å²) < 4.78 is 5.54. The van der Waals surface area contributed by atoms with Gasteiger partial charge in [-0.1, -0.05) is 0 Å².